The standard InChI is InChI=1S/C30H41FO9/c1-14(2)39-26(37)40-16(4)21-20-11-10-19-18-9-8-17(15(3)29(7,38)25(35)36)27(18,5)12-13-30(19,31)28(20,6)24(34)23(33)22(21)32/h14,16-19,22,32,38H,3,8-13H2,1-2,4-7H3,(H,35,36)/t16?,17-,18-,19-,22?,27+,28+,29?,30+/m0/s1. The van der Waals surface area contributed by atoms with Crippen LogP contribution in [0.25, 0.3) is 0 Å². The molecule has 4 aliphatic carbocycles. The third kappa shape index (κ3) is 4.08. The number of hydrogen-bond donors (Lipinski definition) is 3. The van der Waals surface area contributed by atoms with Crippen LogP contribution in [0.3, 0.4) is 0 Å². The molecule has 0 saturated heterocycles. The molecule has 0 aromatic carbocycles. The normalized spacial score (nSPS) is 39.5. The van der Waals surface area contributed by atoms with E-state index in [9.17, 15) is 34.5 Å². The van der Waals surface area contributed by atoms with Gasteiger partial charge in [-0.15, -0.1) is 0 Å². The molecule has 0 spiro atoms. The van der Waals surface area contributed by atoms with E-state index in [0.717, 1.165) is 0 Å². The van der Waals surface area contributed by atoms with Crippen LogP contribution in [0.2, 0.25) is 0 Å². The molecular formula is C30H41FO9. The first-order valence-corrected chi connectivity index (χ1v) is 14.1. The van der Waals surface area contributed by atoms with Crippen LogP contribution in [-0.2, 0) is 23.9 Å². The third-order valence-electron chi connectivity index (χ3n) is 10.7. The fourth-order valence-corrected chi connectivity index (χ4v) is 8.47. The molecule has 3 saturated carbocycles. The molecule has 0 bridgehead atoms. The first-order chi connectivity index (χ1) is 18.4. The molecule has 0 amide bonds. The van der Waals surface area contributed by atoms with E-state index in [1.54, 1.807) is 13.8 Å². The predicted molar refractivity (Wildman–Crippen MR) is 141 cm³/mol. The highest BCUT2D eigenvalue weighted by molar-refractivity contribution is 6.43. The lowest BCUT2D eigenvalue weighted by Gasteiger charge is -2.61. The lowest BCUT2D eigenvalue weighted by molar-refractivity contribution is -0.171. The van der Waals surface area contributed by atoms with Crippen molar-refractivity contribution in [3.8, 4) is 0 Å². The van der Waals surface area contributed by atoms with E-state index in [2.05, 4.69) is 6.58 Å². The summed E-state index contributed by atoms with van der Waals surface area (Å²) in [6, 6.07) is 0. The molecule has 222 valence electrons. The van der Waals surface area contributed by atoms with Crippen molar-refractivity contribution in [1.29, 1.82) is 0 Å². The molecule has 4 aliphatic rings. The first-order valence-electron chi connectivity index (χ1n) is 14.1. The highest BCUT2D eigenvalue weighted by atomic mass is 19.1. The van der Waals surface area contributed by atoms with Crippen LogP contribution in [0.1, 0.15) is 80.1 Å². The Balaban J connectivity index is 1.74. The average molecular weight is 565 g/mol. The summed E-state index contributed by atoms with van der Waals surface area (Å²) < 4.78 is 28.1. The van der Waals surface area contributed by atoms with E-state index in [1.807, 2.05) is 6.92 Å². The van der Waals surface area contributed by atoms with Crippen molar-refractivity contribution in [2.75, 3.05) is 0 Å². The number of aliphatic carboxylic acids is 1. The number of fused-ring (bicyclic) bond motifs is 5. The minimum atomic E-state index is -2.13. The monoisotopic (exact) mass is 564 g/mol. The van der Waals surface area contributed by atoms with E-state index < -0.39 is 70.0 Å². The van der Waals surface area contributed by atoms with E-state index in [4.69, 9.17) is 9.47 Å². The molecule has 0 heterocycles. The summed E-state index contributed by atoms with van der Waals surface area (Å²) in [7, 11) is 0. The number of carbonyl (C=O) groups is 4. The Morgan fingerprint density at radius 1 is 1.07 bits per heavy atom. The molecule has 3 unspecified atom stereocenters. The Hall–Kier alpha value is -2.59. The van der Waals surface area contributed by atoms with Crippen molar-refractivity contribution in [3.05, 3.63) is 23.3 Å². The van der Waals surface area contributed by atoms with Crippen LogP contribution in [0.15, 0.2) is 23.3 Å². The summed E-state index contributed by atoms with van der Waals surface area (Å²) in [5.41, 5.74) is -6.15. The minimum Gasteiger partial charge on any atom is -0.479 e. The first kappa shape index (κ1) is 30.4. The fourth-order valence-electron chi connectivity index (χ4n) is 8.47. The van der Waals surface area contributed by atoms with Gasteiger partial charge in [-0.05, 0) is 107 Å². The zero-order valence-electron chi connectivity index (χ0n) is 24.1. The van der Waals surface area contributed by atoms with Gasteiger partial charge in [-0.25, -0.2) is 14.0 Å². The minimum absolute atomic E-state index is 0.0341. The average Bonchev–Trinajstić information content (AvgIpc) is 3.20. The number of alkyl halides is 1. The van der Waals surface area contributed by atoms with Crippen LogP contribution in [-0.4, -0.2) is 68.6 Å². The van der Waals surface area contributed by atoms with Crippen molar-refractivity contribution in [1.82, 2.24) is 0 Å². The van der Waals surface area contributed by atoms with Gasteiger partial charge in [0.15, 0.2) is 5.60 Å². The van der Waals surface area contributed by atoms with Gasteiger partial charge in [-0.2, -0.15) is 0 Å². The van der Waals surface area contributed by atoms with Gasteiger partial charge in [0.2, 0.25) is 11.6 Å². The number of carboxylic acid groups (broad SMARTS) is 1. The number of ketones is 2. The number of aliphatic hydroxyl groups is 2. The van der Waals surface area contributed by atoms with Gasteiger partial charge in [-0.3, -0.25) is 9.59 Å². The SMILES string of the molecule is C=C([C@@H]1CC[C@H]2[C@@H]3CCC4=C(C(C)OC(=O)OC(C)C)C(O)C(=O)C(=O)[C@]4(C)[C@@]3(F)CC[C@]12C)C(C)(O)C(=O)O. The quantitative estimate of drug-likeness (QED) is 0.246. The van der Waals surface area contributed by atoms with Crippen LogP contribution in [0.5, 0.6) is 0 Å². The maximum Gasteiger partial charge on any atom is 0.509 e. The zero-order valence-corrected chi connectivity index (χ0v) is 24.1. The largest absolute Gasteiger partial charge is 0.509 e. The molecule has 9 nitrogen and oxygen atoms in total. The maximum absolute atomic E-state index is 17.7. The number of halogens is 1. The van der Waals surface area contributed by atoms with Crippen LogP contribution >= 0.6 is 0 Å². The lowest BCUT2D eigenvalue weighted by atomic mass is 9.44. The number of aliphatic hydroxyl groups excluding tert-OH is 1. The Morgan fingerprint density at radius 3 is 2.27 bits per heavy atom. The van der Waals surface area contributed by atoms with Crippen molar-refractivity contribution in [3.63, 3.8) is 0 Å². The van der Waals surface area contributed by atoms with Gasteiger partial charge in [0.1, 0.15) is 17.9 Å². The smallest absolute Gasteiger partial charge is 0.479 e. The number of allylic oxidation sites excluding steroid dienone is 1. The van der Waals surface area contributed by atoms with E-state index in [1.165, 1.54) is 20.8 Å². The maximum atomic E-state index is 17.7. The number of rotatable bonds is 6. The molecule has 0 aliphatic heterocycles. The van der Waals surface area contributed by atoms with Crippen molar-refractivity contribution < 1.29 is 48.4 Å². The van der Waals surface area contributed by atoms with Crippen molar-refractivity contribution >= 4 is 23.7 Å². The molecule has 0 aromatic rings. The predicted octanol–water partition coefficient (Wildman–Crippen LogP) is 4.09. The molecular weight excluding hydrogens is 523 g/mol. The summed E-state index contributed by atoms with van der Waals surface area (Å²) in [5, 5.41) is 31.1. The molecule has 40 heavy (non-hydrogen) atoms. The summed E-state index contributed by atoms with van der Waals surface area (Å²) in [4.78, 5) is 50.7. The molecule has 9 atom stereocenters. The second kappa shape index (κ2) is 9.76. The van der Waals surface area contributed by atoms with E-state index in [-0.39, 0.29) is 35.8 Å². The van der Waals surface area contributed by atoms with Crippen LogP contribution in [0.4, 0.5) is 9.18 Å². The number of ether oxygens (including phenoxy) is 2. The number of hydrogen-bond acceptors (Lipinski definition) is 8. The third-order valence-corrected chi connectivity index (χ3v) is 10.7. The van der Waals surface area contributed by atoms with Gasteiger partial charge in [0, 0.05) is 5.57 Å². The molecule has 3 fully saturated rings. The molecule has 4 rings (SSSR count). The topological polar surface area (TPSA) is 147 Å². The highest BCUT2D eigenvalue weighted by Gasteiger charge is 2.72. The molecule has 0 aromatic heterocycles. The summed E-state index contributed by atoms with van der Waals surface area (Å²) >= 11 is 0. The summed E-state index contributed by atoms with van der Waals surface area (Å²) in [6.45, 7) is 13.3. The van der Waals surface area contributed by atoms with E-state index >= 15 is 4.39 Å². The second-order valence-electron chi connectivity index (χ2n) is 13.0. The second-order valence-corrected chi connectivity index (χ2v) is 13.0. The van der Waals surface area contributed by atoms with Gasteiger partial charge in [-0.1, -0.05) is 13.5 Å². The Bertz CT molecular complexity index is 1190. The zero-order chi connectivity index (χ0) is 30.2. The van der Waals surface area contributed by atoms with Crippen LogP contribution < -0.4 is 0 Å². The lowest BCUT2D eigenvalue weighted by Crippen LogP contribution is -2.66. The number of Topliss-reactive ketones (excluding diaryl/α,β-unsaturated/α-hetero) is 2. The fraction of sp³-hybridized carbons (Fsp3) is 0.733. The summed E-state index contributed by atoms with van der Waals surface area (Å²) in [5.74, 6) is -4.74. The van der Waals surface area contributed by atoms with Crippen LogP contribution in [0, 0.1) is 28.6 Å². The summed E-state index contributed by atoms with van der Waals surface area (Å²) in [6.07, 6.45) is -2.59. The highest BCUT2D eigenvalue weighted by Crippen LogP contribution is 2.70. The van der Waals surface area contributed by atoms with Gasteiger partial charge in [0.25, 0.3) is 0 Å². The number of carbonyl (C=O) groups excluding carboxylic acids is 3. The molecule has 3 N–H and O–H groups in total. The molecule has 10 heteroatoms. The number of carboxylic acids is 1. The Labute approximate surface area is 233 Å². The van der Waals surface area contributed by atoms with Crippen molar-refractivity contribution in [2.45, 2.75) is 110 Å². The Kier molecular flexibility index (Phi) is 7.41. The van der Waals surface area contributed by atoms with Gasteiger partial charge < -0.3 is 24.8 Å². The van der Waals surface area contributed by atoms with Gasteiger partial charge >= 0.3 is 12.1 Å². The molecule has 0 radical (unpaired) electrons. The van der Waals surface area contributed by atoms with Gasteiger partial charge in [0.05, 0.1) is 11.5 Å². The Morgan fingerprint density at radius 2 is 1.70 bits per heavy atom. The van der Waals surface area contributed by atoms with Crippen molar-refractivity contribution in [2.24, 2.45) is 28.6 Å². The van der Waals surface area contributed by atoms with E-state index in [0.29, 0.717) is 31.3 Å².